The number of alkyl halides is 3. The number of hydrogen-bond donors (Lipinski definition) is 1. The third kappa shape index (κ3) is 6.23. The summed E-state index contributed by atoms with van der Waals surface area (Å²) in [6, 6.07) is 18.5. The van der Waals surface area contributed by atoms with E-state index in [0.29, 0.717) is 10.4 Å². The lowest BCUT2D eigenvalue weighted by Crippen LogP contribution is -2.26. The van der Waals surface area contributed by atoms with Crippen LogP contribution >= 0.6 is 34.3 Å². The molecule has 0 aliphatic rings. The fourth-order valence-electron chi connectivity index (χ4n) is 3.28. The maximum atomic E-state index is 13.3. The number of ether oxygens (including phenoxy) is 1. The Hall–Kier alpha value is -3.40. The number of esters is 1. The minimum Gasteiger partial charge on any atom is -0.444 e. The van der Waals surface area contributed by atoms with Gasteiger partial charge in [-0.15, -0.1) is 22.7 Å². The third-order valence-corrected chi connectivity index (χ3v) is 6.99. The monoisotopic (exact) mass is 547 g/mol. The molecule has 184 valence electrons. The Kier molecular flexibility index (Phi) is 7.93. The van der Waals surface area contributed by atoms with Crippen LogP contribution in [0.4, 0.5) is 18.9 Å². The zero-order valence-corrected chi connectivity index (χ0v) is 20.7. The summed E-state index contributed by atoms with van der Waals surface area (Å²) < 4.78 is 45.5. The second-order valence-electron chi connectivity index (χ2n) is 7.43. The Morgan fingerprint density at radius 1 is 0.944 bits per heavy atom. The summed E-state index contributed by atoms with van der Waals surface area (Å²) in [5.41, 5.74) is -0.613. The number of carbonyl (C=O) groups excluding carboxylic acids is 2. The molecule has 4 rings (SSSR count). The normalized spacial score (nSPS) is 12.7. The second-order valence-corrected chi connectivity index (χ2v) is 9.76. The van der Waals surface area contributed by atoms with Crippen molar-refractivity contribution >= 4 is 63.5 Å². The smallest absolute Gasteiger partial charge is 0.417 e. The lowest BCUT2D eigenvalue weighted by atomic mass is 10.1. The summed E-state index contributed by atoms with van der Waals surface area (Å²) in [5, 5.41) is 5.60. The minimum absolute atomic E-state index is 0.138. The van der Waals surface area contributed by atoms with Gasteiger partial charge in [0.15, 0.2) is 0 Å². The molecule has 0 fully saturated rings. The van der Waals surface area contributed by atoms with E-state index in [1.54, 1.807) is 48.5 Å². The minimum atomic E-state index is -4.70. The van der Waals surface area contributed by atoms with E-state index < -0.39 is 34.7 Å². The quantitative estimate of drug-likeness (QED) is 0.189. The van der Waals surface area contributed by atoms with Crippen LogP contribution in [0.5, 0.6) is 0 Å². The first kappa shape index (κ1) is 25.7. The van der Waals surface area contributed by atoms with E-state index in [2.05, 4.69) is 5.32 Å². The highest BCUT2D eigenvalue weighted by Gasteiger charge is 2.34. The van der Waals surface area contributed by atoms with Crippen molar-refractivity contribution in [1.29, 1.82) is 0 Å². The van der Waals surface area contributed by atoms with Crippen LogP contribution in [0.25, 0.3) is 11.6 Å². The molecule has 0 aliphatic heterocycles. The zero-order chi connectivity index (χ0) is 25.7. The van der Waals surface area contributed by atoms with Crippen LogP contribution in [0, 0.1) is 0 Å². The number of nitrogens with one attached hydrogen (secondary N) is 1. The van der Waals surface area contributed by atoms with E-state index in [9.17, 15) is 22.8 Å². The first-order valence-electron chi connectivity index (χ1n) is 10.4. The van der Waals surface area contributed by atoms with Crippen molar-refractivity contribution < 1.29 is 27.5 Å². The van der Waals surface area contributed by atoms with E-state index in [1.807, 2.05) is 22.9 Å². The van der Waals surface area contributed by atoms with Crippen molar-refractivity contribution in [2.45, 2.75) is 12.3 Å². The molecule has 10 heteroatoms. The van der Waals surface area contributed by atoms with Gasteiger partial charge in [0, 0.05) is 21.0 Å². The Bertz CT molecular complexity index is 1370. The predicted octanol–water partition coefficient (Wildman–Crippen LogP) is 7.95. The molecule has 1 atom stereocenters. The van der Waals surface area contributed by atoms with Gasteiger partial charge in [0.2, 0.25) is 6.10 Å². The number of rotatable bonds is 7. The summed E-state index contributed by atoms with van der Waals surface area (Å²) in [5.74, 6) is -1.56. The Morgan fingerprint density at radius 2 is 1.67 bits per heavy atom. The van der Waals surface area contributed by atoms with E-state index in [0.717, 1.165) is 17.0 Å². The van der Waals surface area contributed by atoms with Gasteiger partial charge in [-0.25, -0.2) is 4.79 Å². The van der Waals surface area contributed by atoms with Gasteiger partial charge in [0.1, 0.15) is 0 Å². The average molecular weight is 548 g/mol. The van der Waals surface area contributed by atoms with Gasteiger partial charge >= 0.3 is 12.1 Å². The highest BCUT2D eigenvalue weighted by molar-refractivity contribution is 7.12. The van der Waals surface area contributed by atoms with E-state index in [4.69, 9.17) is 16.3 Å². The molecule has 0 bridgehead atoms. The first-order chi connectivity index (χ1) is 17.2. The van der Waals surface area contributed by atoms with Gasteiger partial charge in [-0.05, 0) is 47.2 Å². The van der Waals surface area contributed by atoms with Crippen LogP contribution in [0.2, 0.25) is 5.02 Å². The molecule has 1 N–H and O–H groups in total. The molecule has 1 amide bonds. The maximum absolute atomic E-state index is 13.3. The number of thiophene rings is 2. The average Bonchev–Trinajstić information content (AvgIpc) is 3.56. The molecular weight excluding hydrogens is 531 g/mol. The summed E-state index contributed by atoms with van der Waals surface area (Å²) >= 11 is 8.45. The highest BCUT2D eigenvalue weighted by atomic mass is 35.5. The molecule has 0 radical (unpaired) electrons. The maximum Gasteiger partial charge on any atom is 0.417 e. The number of anilines is 1. The van der Waals surface area contributed by atoms with Crippen molar-refractivity contribution in [3.05, 3.63) is 109 Å². The summed E-state index contributed by atoms with van der Waals surface area (Å²) in [7, 11) is 0. The fourth-order valence-corrected chi connectivity index (χ4v) is 4.89. The SMILES string of the molecule is O=C(O[C@@H](C(=O)Nc1ccc(Cl)c(C(F)(F)F)c1)c1ccccc1)/C(=C/c1cccs1)c1cccs1. The third-order valence-electron chi connectivity index (χ3n) is 4.94. The number of hydrogen-bond acceptors (Lipinski definition) is 5. The summed E-state index contributed by atoms with van der Waals surface area (Å²) in [4.78, 5) is 28.0. The van der Waals surface area contributed by atoms with Crippen LogP contribution in [-0.2, 0) is 20.5 Å². The lowest BCUT2D eigenvalue weighted by Gasteiger charge is -2.19. The topological polar surface area (TPSA) is 55.4 Å². The number of benzene rings is 2. The Labute approximate surface area is 217 Å². The van der Waals surface area contributed by atoms with Gasteiger partial charge in [-0.1, -0.05) is 54.1 Å². The molecule has 4 nitrogen and oxygen atoms in total. The molecule has 0 saturated heterocycles. The van der Waals surface area contributed by atoms with E-state index in [-0.39, 0.29) is 11.3 Å². The molecule has 2 aromatic heterocycles. The van der Waals surface area contributed by atoms with Gasteiger partial charge in [0.25, 0.3) is 5.91 Å². The Balaban J connectivity index is 1.64. The molecule has 4 aromatic rings. The first-order valence-corrected chi connectivity index (χ1v) is 12.6. The van der Waals surface area contributed by atoms with Crippen LogP contribution < -0.4 is 5.32 Å². The van der Waals surface area contributed by atoms with Gasteiger partial charge in [-0.3, -0.25) is 4.79 Å². The number of amides is 1. The fraction of sp³-hybridized carbons (Fsp3) is 0.0769. The van der Waals surface area contributed by atoms with Crippen molar-refractivity contribution in [2.24, 2.45) is 0 Å². The molecular formula is C26H17ClF3NO3S2. The standard InChI is InChI=1S/C26H17ClF3NO3S2/c27-21-11-10-17(14-20(21)26(28,29)30)31-24(32)23(16-6-2-1-3-7-16)34-25(33)19(22-9-5-13-36-22)15-18-8-4-12-35-18/h1-15,23H,(H,31,32)/b19-15+/t23-/m1/s1. The molecule has 2 heterocycles. The molecule has 0 aliphatic carbocycles. The van der Waals surface area contributed by atoms with Crippen molar-refractivity contribution in [3.8, 4) is 0 Å². The van der Waals surface area contributed by atoms with Crippen molar-refractivity contribution in [2.75, 3.05) is 5.32 Å². The van der Waals surface area contributed by atoms with E-state index in [1.165, 1.54) is 28.7 Å². The lowest BCUT2D eigenvalue weighted by molar-refractivity contribution is -0.148. The molecule has 36 heavy (non-hydrogen) atoms. The van der Waals surface area contributed by atoms with Crippen molar-refractivity contribution in [1.82, 2.24) is 0 Å². The van der Waals surface area contributed by atoms with Crippen LogP contribution in [0.3, 0.4) is 0 Å². The highest BCUT2D eigenvalue weighted by Crippen LogP contribution is 2.36. The van der Waals surface area contributed by atoms with Gasteiger partial charge in [0.05, 0.1) is 16.2 Å². The Morgan fingerprint density at radius 3 is 2.31 bits per heavy atom. The largest absolute Gasteiger partial charge is 0.444 e. The molecule has 0 saturated carbocycles. The molecule has 0 spiro atoms. The number of carbonyl (C=O) groups is 2. The van der Waals surface area contributed by atoms with Crippen LogP contribution in [-0.4, -0.2) is 11.9 Å². The van der Waals surface area contributed by atoms with Crippen LogP contribution in [0.15, 0.2) is 83.6 Å². The van der Waals surface area contributed by atoms with Gasteiger partial charge in [-0.2, -0.15) is 13.2 Å². The second kappa shape index (κ2) is 11.1. The number of halogens is 4. The van der Waals surface area contributed by atoms with E-state index >= 15 is 0 Å². The predicted molar refractivity (Wildman–Crippen MR) is 137 cm³/mol. The summed E-state index contributed by atoms with van der Waals surface area (Å²) in [6.45, 7) is 0. The zero-order valence-electron chi connectivity index (χ0n) is 18.3. The summed E-state index contributed by atoms with van der Waals surface area (Å²) in [6.07, 6.45) is -4.45. The van der Waals surface area contributed by atoms with Crippen LogP contribution in [0.1, 0.15) is 27.0 Å². The van der Waals surface area contributed by atoms with Gasteiger partial charge < -0.3 is 10.1 Å². The van der Waals surface area contributed by atoms with Crippen molar-refractivity contribution in [3.63, 3.8) is 0 Å². The molecule has 2 aromatic carbocycles. The molecule has 0 unspecified atom stereocenters.